The Balaban J connectivity index is 2.73. The lowest BCUT2D eigenvalue weighted by molar-refractivity contribution is -0.0914. The summed E-state index contributed by atoms with van der Waals surface area (Å²) in [4.78, 5) is 4.12. The largest absolute Gasteiger partial charge is 0.379 e. The van der Waals surface area contributed by atoms with Crippen molar-refractivity contribution in [3.05, 3.63) is 21.4 Å². The molecular formula is C10H14BrClN2O2. The molecule has 4 nitrogen and oxygen atoms in total. The van der Waals surface area contributed by atoms with Crippen LogP contribution >= 0.6 is 27.5 Å². The van der Waals surface area contributed by atoms with Gasteiger partial charge in [-0.2, -0.15) is 0 Å². The van der Waals surface area contributed by atoms with Gasteiger partial charge in [-0.05, 0) is 28.9 Å². The predicted octanol–water partition coefficient (Wildman–Crippen LogP) is 2.84. The molecule has 16 heavy (non-hydrogen) atoms. The number of nitrogens with zero attached hydrogens (tertiary/aromatic N) is 1. The van der Waals surface area contributed by atoms with E-state index < -0.39 is 0 Å². The summed E-state index contributed by atoms with van der Waals surface area (Å²) in [6.07, 6.45) is -0.292. The maximum atomic E-state index is 5.87. The Bertz CT molecular complexity index is 359. The van der Waals surface area contributed by atoms with Gasteiger partial charge in [-0.3, -0.25) is 0 Å². The fraction of sp³-hybridized carbons (Fsp3) is 0.500. The maximum absolute atomic E-state index is 5.87. The number of hydrogen-bond acceptors (Lipinski definition) is 4. The minimum absolute atomic E-state index is 0.292. The van der Waals surface area contributed by atoms with Gasteiger partial charge in [0.05, 0.1) is 22.4 Å². The number of nitrogens with one attached hydrogen (secondary N) is 1. The van der Waals surface area contributed by atoms with Gasteiger partial charge in [0, 0.05) is 14.2 Å². The Labute approximate surface area is 108 Å². The Hall–Kier alpha value is -0.360. The summed E-state index contributed by atoms with van der Waals surface area (Å²) in [5.41, 5.74) is 1.71. The lowest BCUT2D eigenvalue weighted by Crippen LogP contribution is -2.23. The van der Waals surface area contributed by atoms with Crippen molar-refractivity contribution in [2.24, 2.45) is 0 Å². The third kappa shape index (κ3) is 3.59. The summed E-state index contributed by atoms with van der Waals surface area (Å²) >= 11 is 9.31. The van der Waals surface area contributed by atoms with Gasteiger partial charge in [-0.1, -0.05) is 11.6 Å². The minimum atomic E-state index is -0.292. The normalized spacial score (nSPS) is 10.9. The first-order valence-corrected chi connectivity index (χ1v) is 5.87. The predicted molar refractivity (Wildman–Crippen MR) is 68.0 cm³/mol. The molecule has 0 aliphatic rings. The summed E-state index contributed by atoms with van der Waals surface area (Å²) in [6, 6.07) is 1.75. The molecule has 6 heteroatoms. The smallest absolute Gasteiger partial charge is 0.173 e. The zero-order valence-corrected chi connectivity index (χ0v) is 11.7. The highest BCUT2D eigenvalue weighted by Gasteiger charge is 2.09. The molecule has 0 aromatic carbocycles. The van der Waals surface area contributed by atoms with Crippen LogP contribution in [0.25, 0.3) is 0 Å². The molecule has 0 aliphatic carbocycles. The number of ether oxygens (including phenoxy) is 2. The fourth-order valence-corrected chi connectivity index (χ4v) is 1.78. The molecule has 90 valence electrons. The quantitative estimate of drug-likeness (QED) is 0.671. The van der Waals surface area contributed by atoms with E-state index in [4.69, 9.17) is 21.1 Å². The maximum Gasteiger partial charge on any atom is 0.173 e. The van der Waals surface area contributed by atoms with Crippen molar-refractivity contribution in [3.8, 4) is 0 Å². The van der Waals surface area contributed by atoms with Gasteiger partial charge in [0.15, 0.2) is 6.29 Å². The van der Waals surface area contributed by atoms with Gasteiger partial charge in [-0.15, -0.1) is 0 Å². The molecule has 0 saturated carbocycles. The molecule has 1 rings (SSSR count). The Kier molecular flexibility index (Phi) is 5.48. The van der Waals surface area contributed by atoms with E-state index in [1.807, 2.05) is 6.92 Å². The molecule has 0 radical (unpaired) electrons. The molecule has 0 spiro atoms. The lowest BCUT2D eigenvalue weighted by atomic mass is 10.3. The molecule has 1 aromatic rings. The number of aryl methyl sites for hydroxylation is 1. The van der Waals surface area contributed by atoms with E-state index in [1.165, 1.54) is 0 Å². The van der Waals surface area contributed by atoms with Crippen molar-refractivity contribution in [1.82, 2.24) is 4.98 Å². The number of hydrogen-bond donors (Lipinski definition) is 1. The van der Waals surface area contributed by atoms with E-state index in [2.05, 4.69) is 26.2 Å². The molecule has 0 aliphatic heterocycles. The van der Waals surface area contributed by atoms with Gasteiger partial charge >= 0.3 is 0 Å². The van der Waals surface area contributed by atoms with Crippen molar-refractivity contribution < 1.29 is 9.47 Å². The molecule has 0 unspecified atom stereocenters. The van der Waals surface area contributed by atoms with Crippen LogP contribution in [0.15, 0.2) is 10.5 Å². The fourth-order valence-electron chi connectivity index (χ4n) is 1.20. The summed E-state index contributed by atoms with van der Waals surface area (Å²) in [7, 11) is 3.19. The molecular weight excluding hydrogens is 295 g/mol. The second-order valence-electron chi connectivity index (χ2n) is 3.17. The Morgan fingerprint density at radius 1 is 1.50 bits per heavy atom. The highest BCUT2D eigenvalue weighted by molar-refractivity contribution is 9.10. The van der Waals surface area contributed by atoms with Gasteiger partial charge in [0.25, 0.3) is 0 Å². The molecule has 1 aromatic heterocycles. The number of anilines is 1. The van der Waals surface area contributed by atoms with Crippen LogP contribution in [-0.4, -0.2) is 32.0 Å². The van der Waals surface area contributed by atoms with Crippen LogP contribution in [-0.2, 0) is 9.47 Å². The second-order valence-corrected chi connectivity index (χ2v) is 4.35. The second kappa shape index (κ2) is 6.39. The van der Waals surface area contributed by atoms with Crippen molar-refractivity contribution in [3.63, 3.8) is 0 Å². The average Bonchev–Trinajstić information content (AvgIpc) is 2.26. The standard InChI is InChI=1S/C10H14BrClN2O2/c1-6-10(11)7(4-8(12)14-6)13-5-9(15-2)16-3/h4,9H,5H2,1-3H3,(H,13,14). The van der Waals surface area contributed by atoms with Crippen LogP contribution in [0.5, 0.6) is 0 Å². The molecule has 1 heterocycles. The van der Waals surface area contributed by atoms with E-state index in [1.54, 1.807) is 20.3 Å². The highest BCUT2D eigenvalue weighted by atomic mass is 79.9. The summed E-state index contributed by atoms with van der Waals surface area (Å²) < 4.78 is 11.0. The van der Waals surface area contributed by atoms with Crippen LogP contribution in [0.4, 0.5) is 5.69 Å². The third-order valence-electron chi connectivity index (χ3n) is 2.08. The van der Waals surface area contributed by atoms with Gasteiger partial charge in [0.2, 0.25) is 0 Å². The third-order valence-corrected chi connectivity index (χ3v) is 3.27. The molecule has 0 fully saturated rings. The number of methoxy groups -OCH3 is 2. The number of pyridine rings is 1. The molecule has 1 N–H and O–H groups in total. The topological polar surface area (TPSA) is 43.4 Å². The van der Waals surface area contributed by atoms with Gasteiger partial charge < -0.3 is 14.8 Å². The Morgan fingerprint density at radius 2 is 2.12 bits per heavy atom. The first-order valence-electron chi connectivity index (χ1n) is 4.70. The molecule has 0 bridgehead atoms. The van der Waals surface area contributed by atoms with Crippen LogP contribution in [0.2, 0.25) is 5.15 Å². The van der Waals surface area contributed by atoms with Crippen LogP contribution in [0.1, 0.15) is 5.69 Å². The van der Waals surface area contributed by atoms with Crippen molar-refractivity contribution >= 4 is 33.2 Å². The number of halogens is 2. The van der Waals surface area contributed by atoms with Gasteiger partial charge in [-0.25, -0.2) is 4.98 Å². The summed E-state index contributed by atoms with van der Waals surface area (Å²) in [6.45, 7) is 2.41. The van der Waals surface area contributed by atoms with Gasteiger partial charge in [0.1, 0.15) is 5.15 Å². The van der Waals surface area contributed by atoms with E-state index in [0.717, 1.165) is 15.9 Å². The van der Waals surface area contributed by atoms with E-state index in [9.17, 15) is 0 Å². The van der Waals surface area contributed by atoms with Crippen molar-refractivity contribution in [1.29, 1.82) is 0 Å². The first-order chi connectivity index (χ1) is 7.58. The van der Waals surface area contributed by atoms with Crippen LogP contribution in [0, 0.1) is 6.92 Å². The average molecular weight is 310 g/mol. The lowest BCUT2D eigenvalue weighted by Gasteiger charge is -2.16. The summed E-state index contributed by atoms with van der Waals surface area (Å²) in [5.74, 6) is 0. The molecule has 0 atom stereocenters. The zero-order valence-electron chi connectivity index (χ0n) is 9.38. The van der Waals surface area contributed by atoms with Crippen LogP contribution < -0.4 is 5.32 Å². The molecule has 0 amide bonds. The van der Waals surface area contributed by atoms with E-state index >= 15 is 0 Å². The number of aromatic nitrogens is 1. The van der Waals surface area contributed by atoms with Crippen molar-refractivity contribution in [2.75, 3.05) is 26.1 Å². The SMILES string of the molecule is COC(CNc1cc(Cl)nc(C)c1Br)OC. The zero-order chi connectivity index (χ0) is 12.1. The van der Waals surface area contributed by atoms with E-state index in [-0.39, 0.29) is 6.29 Å². The number of rotatable bonds is 5. The first kappa shape index (κ1) is 13.7. The Morgan fingerprint density at radius 3 is 2.69 bits per heavy atom. The highest BCUT2D eigenvalue weighted by Crippen LogP contribution is 2.27. The van der Waals surface area contributed by atoms with Crippen LogP contribution in [0.3, 0.4) is 0 Å². The molecule has 0 saturated heterocycles. The van der Waals surface area contributed by atoms with E-state index in [0.29, 0.717) is 11.7 Å². The monoisotopic (exact) mass is 308 g/mol. The minimum Gasteiger partial charge on any atom is -0.379 e. The summed E-state index contributed by atoms with van der Waals surface area (Å²) in [5, 5.41) is 3.63. The van der Waals surface area contributed by atoms with Crippen molar-refractivity contribution in [2.45, 2.75) is 13.2 Å².